The van der Waals surface area contributed by atoms with E-state index in [-0.39, 0.29) is 0 Å². The van der Waals surface area contributed by atoms with E-state index in [1.165, 1.54) is 64.2 Å². The van der Waals surface area contributed by atoms with E-state index in [9.17, 15) is 9.90 Å². The van der Waals surface area contributed by atoms with Gasteiger partial charge in [0, 0.05) is 18.9 Å². The van der Waals surface area contributed by atoms with Crippen molar-refractivity contribution in [2.75, 3.05) is 6.61 Å². The van der Waals surface area contributed by atoms with Crippen molar-refractivity contribution in [2.24, 2.45) is 52.3 Å². The highest BCUT2D eigenvalue weighted by Crippen LogP contribution is 2.67. The van der Waals surface area contributed by atoms with E-state index >= 15 is 0 Å². The number of aliphatic hydroxyl groups is 1. The third-order valence-corrected chi connectivity index (χ3v) is 10.8. The Morgan fingerprint density at radius 2 is 1.72 bits per heavy atom. The molecule has 0 aromatic carbocycles. The van der Waals surface area contributed by atoms with Crippen LogP contribution in [0, 0.1) is 52.3 Å². The number of aliphatic hydroxyl groups excluding tert-OH is 1. The third-order valence-electron chi connectivity index (χ3n) is 10.8. The van der Waals surface area contributed by atoms with Crippen LogP contribution in [0.1, 0.15) is 105 Å². The Morgan fingerprint density at radius 3 is 2.48 bits per heavy atom. The summed E-state index contributed by atoms with van der Waals surface area (Å²) in [6, 6.07) is 0. The summed E-state index contributed by atoms with van der Waals surface area (Å²) >= 11 is 0. The molecule has 4 aliphatic rings. The van der Waals surface area contributed by atoms with Crippen LogP contribution >= 0.6 is 0 Å². The second kappa shape index (κ2) is 8.29. The Morgan fingerprint density at radius 1 is 0.966 bits per heavy atom. The first-order valence-corrected chi connectivity index (χ1v) is 12.9. The molecule has 0 amide bonds. The topological polar surface area (TPSA) is 37.3 Å². The largest absolute Gasteiger partial charge is 0.396 e. The van der Waals surface area contributed by atoms with Crippen molar-refractivity contribution in [1.82, 2.24) is 0 Å². The molecule has 0 spiro atoms. The fraction of sp³-hybridized carbons (Fsp3) is 0.963. The molecular formula is C27H46O2. The maximum absolute atomic E-state index is 13.4. The van der Waals surface area contributed by atoms with Crippen molar-refractivity contribution in [2.45, 2.75) is 105 Å². The second-order valence-corrected chi connectivity index (χ2v) is 12.3. The van der Waals surface area contributed by atoms with Gasteiger partial charge in [-0.15, -0.1) is 0 Å². The van der Waals surface area contributed by atoms with E-state index in [1.807, 2.05) is 0 Å². The van der Waals surface area contributed by atoms with Crippen molar-refractivity contribution < 1.29 is 9.90 Å². The molecule has 4 aliphatic carbocycles. The van der Waals surface area contributed by atoms with Crippen molar-refractivity contribution in [3.05, 3.63) is 0 Å². The smallest absolute Gasteiger partial charge is 0.136 e. The minimum Gasteiger partial charge on any atom is -0.396 e. The molecular weight excluding hydrogens is 356 g/mol. The molecule has 0 heterocycles. The average molecular weight is 403 g/mol. The zero-order chi connectivity index (χ0) is 20.8. The van der Waals surface area contributed by atoms with Crippen LogP contribution < -0.4 is 0 Å². The van der Waals surface area contributed by atoms with Crippen LogP contribution in [0.2, 0.25) is 0 Å². The molecule has 166 valence electrons. The van der Waals surface area contributed by atoms with E-state index in [0.717, 1.165) is 24.7 Å². The summed E-state index contributed by atoms with van der Waals surface area (Å²) < 4.78 is 0. The summed E-state index contributed by atoms with van der Waals surface area (Å²) in [5.41, 5.74) is 0.832. The minimum atomic E-state index is 0.322. The maximum Gasteiger partial charge on any atom is 0.136 e. The summed E-state index contributed by atoms with van der Waals surface area (Å²) in [6.07, 6.45) is 15.3. The summed E-state index contributed by atoms with van der Waals surface area (Å²) in [7, 11) is 0. The highest BCUT2D eigenvalue weighted by Gasteiger charge is 2.62. The van der Waals surface area contributed by atoms with Crippen LogP contribution in [-0.4, -0.2) is 17.5 Å². The van der Waals surface area contributed by atoms with E-state index in [2.05, 4.69) is 27.7 Å². The predicted molar refractivity (Wildman–Crippen MR) is 119 cm³/mol. The number of hydrogen-bond acceptors (Lipinski definition) is 2. The number of carbonyl (C=O) groups excluding carboxylic acids is 1. The number of hydrogen-bond donors (Lipinski definition) is 1. The van der Waals surface area contributed by atoms with Crippen LogP contribution in [0.5, 0.6) is 0 Å². The molecule has 1 N–H and O–H groups in total. The molecule has 0 aromatic rings. The first-order valence-electron chi connectivity index (χ1n) is 12.9. The van der Waals surface area contributed by atoms with Crippen LogP contribution in [0.3, 0.4) is 0 Å². The lowest BCUT2D eigenvalue weighted by molar-refractivity contribution is -0.156. The van der Waals surface area contributed by atoms with Crippen LogP contribution in [0.25, 0.3) is 0 Å². The van der Waals surface area contributed by atoms with Gasteiger partial charge in [-0.25, -0.2) is 0 Å². The van der Waals surface area contributed by atoms with Gasteiger partial charge in [0.2, 0.25) is 0 Å². The Hall–Kier alpha value is -0.370. The normalized spacial score (nSPS) is 46.5. The maximum atomic E-state index is 13.4. The van der Waals surface area contributed by atoms with Crippen molar-refractivity contribution in [1.29, 1.82) is 0 Å². The Balaban J connectivity index is 1.48. The van der Waals surface area contributed by atoms with Crippen molar-refractivity contribution in [3.63, 3.8) is 0 Å². The summed E-state index contributed by atoms with van der Waals surface area (Å²) in [4.78, 5) is 13.4. The van der Waals surface area contributed by atoms with Crippen molar-refractivity contribution in [3.8, 4) is 0 Å². The number of carbonyl (C=O) groups is 1. The molecule has 2 heteroatoms. The first kappa shape index (κ1) is 21.8. The fourth-order valence-corrected chi connectivity index (χ4v) is 9.02. The van der Waals surface area contributed by atoms with Gasteiger partial charge in [0.05, 0.1) is 0 Å². The fourth-order valence-electron chi connectivity index (χ4n) is 9.02. The molecule has 4 rings (SSSR count). The Bertz CT molecular complexity index is 599. The zero-order valence-electron chi connectivity index (χ0n) is 19.6. The molecule has 2 nitrogen and oxygen atoms in total. The van der Waals surface area contributed by atoms with E-state index in [0.29, 0.717) is 52.8 Å². The zero-order valence-corrected chi connectivity index (χ0v) is 19.6. The van der Waals surface area contributed by atoms with Crippen LogP contribution in [-0.2, 0) is 4.79 Å². The van der Waals surface area contributed by atoms with Gasteiger partial charge in [-0.3, -0.25) is 4.79 Å². The van der Waals surface area contributed by atoms with Crippen molar-refractivity contribution >= 4 is 5.78 Å². The van der Waals surface area contributed by atoms with Gasteiger partial charge < -0.3 is 5.11 Å². The second-order valence-electron chi connectivity index (χ2n) is 12.3. The number of rotatable bonds is 6. The van der Waals surface area contributed by atoms with E-state index < -0.39 is 0 Å². The van der Waals surface area contributed by atoms with Gasteiger partial charge in [0.15, 0.2) is 0 Å². The molecule has 0 saturated heterocycles. The number of fused-ring (bicyclic) bond motifs is 5. The van der Waals surface area contributed by atoms with Crippen LogP contribution in [0.15, 0.2) is 0 Å². The Labute approximate surface area is 179 Å². The minimum absolute atomic E-state index is 0.322. The molecule has 0 bridgehead atoms. The summed E-state index contributed by atoms with van der Waals surface area (Å²) in [5, 5.41) is 9.31. The van der Waals surface area contributed by atoms with Crippen LogP contribution in [0.4, 0.5) is 0 Å². The van der Waals surface area contributed by atoms with Gasteiger partial charge in [0.25, 0.3) is 0 Å². The SMILES string of the molecule is CC(CO)CCC[C@@H](C)[C@H]1CC[C@H]2[C@@H]3C(=O)CC4CCCC[C@]4(C)[C@H]3CC[C@]12C. The van der Waals surface area contributed by atoms with Gasteiger partial charge in [-0.05, 0) is 91.3 Å². The monoisotopic (exact) mass is 402 g/mol. The third kappa shape index (κ3) is 3.64. The summed E-state index contributed by atoms with van der Waals surface area (Å²) in [6.45, 7) is 10.1. The van der Waals surface area contributed by atoms with Gasteiger partial charge in [-0.1, -0.05) is 53.4 Å². The first-order chi connectivity index (χ1) is 13.8. The molecule has 9 atom stereocenters. The molecule has 4 saturated carbocycles. The lowest BCUT2D eigenvalue weighted by Gasteiger charge is -2.60. The quantitative estimate of drug-likeness (QED) is 0.540. The Kier molecular flexibility index (Phi) is 6.24. The van der Waals surface area contributed by atoms with E-state index in [4.69, 9.17) is 0 Å². The number of Topliss-reactive ketones (excluding diaryl/α,β-unsaturated/α-hetero) is 1. The standard InChI is InChI=1S/C27H46O2/c1-18(17-28)8-7-9-19(2)21-11-12-22-25-23(13-15-27(21,22)4)26(3)14-6-5-10-20(26)16-24(25)29/h18-23,25,28H,5-17H2,1-4H3/t18?,19-,20?,21-,22+,23+,25+,26+,27-/m1/s1. The average Bonchev–Trinajstić information content (AvgIpc) is 3.05. The highest BCUT2D eigenvalue weighted by atomic mass is 16.3. The highest BCUT2D eigenvalue weighted by molar-refractivity contribution is 5.83. The lowest BCUT2D eigenvalue weighted by Crippen LogP contribution is -2.56. The van der Waals surface area contributed by atoms with Gasteiger partial charge >= 0.3 is 0 Å². The van der Waals surface area contributed by atoms with Gasteiger partial charge in [-0.2, -0.15) is 0 Å². The molecule has 29 heavy (non-hydrogen) atoms. The van der Waals surface area contributed by atoms with E-state index in [1.54, 1.807) is 0 Å². The molecule has 0 aliphatic heterocycles. The predicted octanol–water partition coefficient (Wildman–Crippen LogP) is 6.65. The van der Waals surface area contributed by atoms with Gasteiger partial charge in [0.1, 0.15) is 5.78 Å². The molecule has 0 aromatic heterocycles. The molecule has 2 unspecified atom stereocenters. The lowest BCUT2D eigenvalue weighted by atomic mass is 9.44. The summed E-state index contributed by atoms with van der Waals surface area (Å²) in [5.74, 6) is 5.02. The molecule has 0 radical (unpaired) electrons. The number of ketones is 1. The molecule has 4 fully saturated rings.